The van der Waals surface area contributed by atoms with Crippen LogP contribution in [0.15, 0.2) is 37.4 Å². The number of hydrogen-bond donors (Lipinski definition) is 0. The third kappa shape index (κ3) is 9.62. The zero-order valence-corrected chi connectivity index (χ0v) is 21.4. The van der Waals surface area contributed by atoms with Crippen LogP contribution in [0.1, 0.15) is 63.5 Å². The molecule has 34 heavy (non-hydrogen) atoms. The SMILES string of the molecule is C=CCCCC(Cc1cc(OC)c(CC(CCCC=C)C(=O)OCC)cc1OC)C(=O)OCC. The summed E-state index contributed by atoms with van der Waals surface area (Å²) in [4.78, 5) is 25.2. The molecule has 2 atom stereocenters. The van der Waals surface area contributed by atoms with E-state index in [1.54, 1.807) is 14.2 Å². The zero-order chi connectivity index (χ0) is 25.3. The van der Waals surface area contributed by atoms with Crippen molar-refractivity contribution in [3.63, 3.8) is 0 Å². The number of carbonyl (C=O) groups excluding carboxylic acids is 2. The number of rotatable bonds is 18. The molecular formula is C28H42O6. The summed E-state index contributed by atoms with van der Waals surface area (Å²) >= 11 is 0. The van der Waals surface area contributed by atoms with Crippen LogP contribution < -0.4 is 9.47 Å². The molecule has 0 bridgehead atoms. The molecule has 0 saturated carbocycles. The lowest BCUT2D eigenvalue weighted by molar-refractivity contribution is -0.149. The second-order valence-electron chi connectivity index (χ2n) is 8.22. The molecule has 0 heterocycles. The molecule has 0 aromatic heterocycles. The number of esters is 2. The Labute approximate surface area is 205 Å². The van der Waals surface area contributed by atoms with E-state index in [4.69, 9.17) is 18.9 Å². The summed E-state index contributed by atoms with van der Waals surface area (Å²) in [5.41, 5.74) is 1.75. The van der Waals surface area contributed by atoms with Crippen LogP contribution in [-0.2, 0) is 31.9 Å². The van der Waals surface area contributed by atoms with Crippen LogP contribution in [-0.4, -0.2) is 39.4 Å². The second-order valence-corrected chi connectivity index (χ2v) is 8.22. The lowest BCUT2D eigenvalue weighted by atomic mass is 9.90. The Kier molecular flexibility index (Phi) is 14.5. The predicted molar refractivity (Wildman–Crippen MR) is 135 cm³/mol. The second kappa shape index (κ2) is 16.8. The first-order valence-electron chi connectivity index (χ1n) is 12.2. The molecular weight excluding hydrogens is 432 g/mol. The summed E-state index contributed by atoms with van der Waals surface area (Å²) in [5, 5.41) is 0. The molecule has 190 valence electrons. The first-order valence-corrected chi connectivity index (χ1v) is 12.2. The van der Waals surface area contributed by atoms with E-state index in [2.05, 4.69) is 13.2 Å². The van der Waals surface area contributed by atoms with Gasteiger partial charge in [0, 0.05) is 0 Å². The number of ether oxygens (including phenoxy) is 4. The summed E-state index contributed by atoms with van der Waals surface area (Å²) in [7, 11) is 3.22. The molecule has 6 heteroatoms. The van der Waals surface area contributed by atoms with Crippen LogP contribution in [0.5, 0.6) is 11.5 Å². The molecule has 0 fully saturated rings. The minimum atomic E-state index is -0.282. The van der Waals surface area contributed by atoms with E-state index in [0.717, 1.165) is 36.8 Å². The fraction of sp³-hybridized carbons (Fsp3) is 0.571. The molecule has 2 unspecified atom stereocenters. The Morgan fingerprint density at radius 1 is 0.794 bits per heavy atom. The van der Waals surface area contributed by atoms with Crippen LogP contribution in [0.25, 0.3) is 0 Å². The minimum absolute atomic E-state index is 0.207. The van der Waals surface area contributed by atoms with Gasteiger partial charge < -0.3 is 18.9 Å². The Balaban J connectivity index is 3.22. The van der Waals surface area contributed by atoms with Gasteiger partial charge in [-0.2, -0.15) is 0 Å². The van der Waals surface area contributed by atoms with E-state index in [1.165, 1.54) is 0 Å². The van der Waals surface area contributed by atoms with Crippen molar-refractivity contribution in [1.29, 1.82) is 0 Å². The number of carbonyl (C=O) groups is 2. The van der Waals surface area contributed by atoms with Crippen molar-refractivity contribution in [3.05, 3.63) is 48.6 Å². The van der Waals surface area contributed by atoms with Crippen molar-refractivity contribution in [3.8, 4) is 11.5 Å². The number of methoxy groups -OCH3 is 2. The summed E-state index contributed by atoms with van der Waals surface area (Å²) in [5.74, 6) is 0.360. The van der Waals surface area contributed by atoms with Gasteiger partial charge in [-0.15, -0.1) is 13.2 Å². The van der Waals surface area contributed by atoms with Gasteiger partial charge in [0.15, 0.2) is 0 Å². The summed E-state index contributed by atoms with van der Waals surface area (Å²) < 4.78 is 22.0. The highest BCUT2D eigenvalue weighted by Gasteiger charge is 2.25. The molecule has 6 nitrogen and oxygen atoms in total. The number of allylic oxidation sites excluding steroid dienone is 2. The molecule has 0 saturated heterocycles. The van der Waals surface area contributed by atoms with Gasteiger partial charge in [-0.05, 0) is 88.5 Å². The fourth-order valence-corrected chi connectivity index (χ4v) is 4.02. The van der Waals surface area contributed by atoms with Crippen molar-refractivity contribution in [2.24, 2.45) is 11.8 Å². The van der Waals surface area contributed by atoms with Crippen molar-refractivity contribution in [2.75, 3.05) is 27.4 Å². The molecule has 0 amide bonds. The molecule has 0 N–H and O–H groups in total. The lowest BCUT2D eigenvalue weighted by Gasteiger charge is -2.21. The largest absolute Gasteiger partial charge is 0.496 e. The zero-order valence-electron chi connectivity index (χ0n) is 21.4. The van der Waals surface area contributed by atoms with Crippen molar-refractivity contribution in [1.82, 2.24) is 0 Å². The maximum Gasteiger partial charge on any atom is 0.309 e. The molecule has 1 rings (SSSR count). The minimum Gasteiger partial charge on any atom is -0.496 e. The molecule has 0 radical (unpaired) electrons. The van der Waals surface area contributed by atoms with Crippen molar-refractivity contribution in [2.45, 2.75) is 65.2 Å². The Hall–Kier alpha value is -2.76. The standard InChI is InChI=1S/C28H42O6/c1-7-11-13-15-21(27(29)33-9-3)17-23-19-26(32-6)24(20-25(23)31-5)18-22(16-14-12-8-2)28(30)34-10-4/h7-8,19-22H,1-2,9-18H2,3-6H3. The van der Waals surface area contributed by atoms with Gasteiger partial charge in [0.25, 0.3) is 0 Å². The van der Waals surface area contributed by atoms with Gasteiger partial charge in [-0.1, -0.05) is 12.2 Å². The van der Waals surface area contributed by atoms with Crippen molar-refractivity contribution < 1.29 is 28.5 Å². The van der Waals surface area contributed by atoms with Crippen LogP contribution in [0.2, 0.25) is 0 Å². The third-order valence-corrected chi connectivity index (χ3v) is 5.78. The van der Waals surface area contributed by atoms with E-state index in [1.807, 2.05) is 38.1 Å². The quantitative estimate of drug-likeness (QED) is 0.151. The van der Waals surface area contributed by atoms with Gasteiger partial charge in [0.2, 0.25) is 0 Å². The highest BCUT2D eigenvalue weighted by molar-refractivity contribution is 5.74. The molecule has 1 aromatic carbocycles. The van der Waals surface area contributed by atoms with Gasteiger partial charge >= 0.3 is 11.9 Å². The predicted octanol–water partition coefficient (Wildman–Crippen LogP) is 5.86. The van der Waals surface area contributed by atoms with Gasteiger partial charge in [0.1, 0.15) is 11.5 Å². The van der Waals surface area contributed by atoms with E-state index in [0.29, 0.717) is 50.4 Å². The number of unbranched alkanes of at least 4 members (excludes halogenated alkanes) is 2. The summed E-state index contributed by atoms with van der Waals surface area (Å²) in [6.45, 7) is 11.8. The molecule has 0 aliphatic rings. The lowest BCUT2D eigenvalue weighted by Crippen LogP contribution is -2.21. The molecule has 0 aliphatic heterocycles. The van der Waals surface area contributed by atoms with E-state index < -0.39 is 0 Å². The fourth-order valence-electron chi connectivity index (χ4n) is 4.02. The smallest absolute Gasteiger partial charge is 0.309 e. The van der Waals surface area contributed by atoms with Crippen LogP contribution in [0.4, 0.5) is 0 Å². The maximum atomic E-state index is 12.6. The molecule has 0 spiro atoms. The third-order valence-electron chi connectivity index (χ3n) is 5.78. The van der Waals surface area contributed by atoms with Crippen LogP contribution in [0.3, 0.4) is 0 Å². The average molecular weight is 475 g/mol. The van der Waals surface area contributed by atoms with Gasteiger partial charge in [-0.25, -0.2) is 0 Å². The highest BCUT2D eigenvalue weighted by atomic mass is 16.5. The monoisotopic (exact) mass is 474 g/mol. The molecule has 1 aromatic rings. The number of benzene rings is 1. The number of hydrogen-bond acceptors (Lipinski definition) is 6. The first-order chi connectivity index (χ1) is 16.4. The Bertz CT molecular complexity index is 720. The first kappa shape index (κ1) is 29.3. The Morgan fingerprint density at radius 2 is 1.18 bits per heavy atom. The van der Waals surface area contributed by atoms with E-state index in [9.17, 15) is 9.59 Å². The van der Waals surface area contributed by atoms with E-state index >= 15 is 0 Å². The Morgan fingerprint density at radius 3 is 1.47 bits per heavy atom. The van der Waals surface area contributed by atoms with Crippen molar-refractivity contribution >= 4 is 11.9 Å². The van der Waals surface area contributed by atoms with Gasteiger partial charge in [0.05, 0.1) is 39.3 Å². The summed E-state index contributed by atoms with van der Waals surface area (Å²) in [6.07, 6.45) is 9.48. The summed E-state index contributed by atoms with van der Waals surface area (Å²) in [6, 6.07) is 3.83. The van der Waals surface area contributed by atoms with E-state index in [-0.39, 0.29) is 23.8 Å². The average Bonchev–Trinajstić information content (AvgIpc) is 2.83. The molecule has 0 aliphatic carbocycles. The van der Waals surface area contributed by atoms with Crippen LogP contribution >= 0.6 is 0 Å². The van der Waals surface area contributed by atoms with Gasteiger partial charge in [-0.3, -0.25) is 9.59 Å². The maximum absolute atomic E-state index is 12.6. The highest BCUT2D eigenvalue weighted by Crippen LogP contribution is 2.34. The normalized spacial score (nSPS) is 12.4. The van der Waals surface area contributed by atoms with Crippen LogP contribution in [0, 0.1) is 11.8 Å². The topological polar surface area (TPSA) is 71.1 Å².